The molecule has 2 N–H and O–H groups in total. The quantitative estimate of drug-likeness (QED) is 0.497. The average Bonchev–Trinajstić information content (AvgIpc) is 2.56. The van der Waals surface area contributed by atoms with Gasteiger partial charge >= 0.3 is 0 Å². The highest BCUT2D eigenvalue weighted by Gasteiger charge is 2.26. The first kappa shape index (κ1) is 9.06. The van der Waals surface area contributed by atoms with E-state index in [0.717, 1.165) is 6.54 Å². The molecule has 0 fully saturated rings. The summed E-state index contributed by atoms with van der Waals surface area (Å²) in [5.41, 5.74) is 8.39. The molecular weight excluding hydrogens is 174 g/mol. The van der Waals surface area contributed by atoms with Crippen molar-refractivity contribution >= 4 is 11.6 Å². The minimum absolute atomic E-state index is 0.534. The summed E-state index contributed by atoms with van der Waals surface area (Å²) in [6.07, 6.45) is 0. The Hall–Kier alpha value is -1.51. The van der Waals surface area contributed by atoms with Crippen LogP contribution in [-0.2, 0) is 0 Å². The van der Waals surface area contributed by atoms with Crippen LogP contribution in [0.25, 0.3) is 0 Å². The van der Waals surface area contributed by atoms with Gasteiger partial charge in [0.05, 0.1) is 0 Å². The highest BCUT2D eigenvalue weighted by Crippen LogP contribution is 2.35. The number of nitrogens with two attached hydrogens (primary N) is 1. The van der Waals surface area contributed by atoms with Gasteiger partial charge in [0.1, 0.15) is 0 Å². The number of rotatable bonds is 0. The van der Waals surface area contributed by atoms with E-state index in [4.69, 9.17) is 5.73 Å². The lowest BCUT2D eigenvalue weighted by Gasteiger charge is -2.17. The highest BCUT2D eigenvalue weighted by atomic mass is 15.3. The number of nitrogens with zero attached hydrogens (tertiary/aromatic N) is 2. The standard InChI is InChI=1S/C11H15N3/c1-8-7-14(11(12)13-2)10-6-4-3-5-9(8)10/h3-6,8H,7H2,1-2H3,(H2,12,13). The molecule has 0 spiro atoms. The molecule has 2 rings (SSSR count). The van der Waals surface area contributed by atoms with Crippen molar-refractivity contribution in [2.45, 2.75) is 12.8 Å². The van der Waals surface area contributed by atoms with Gasteiger partial charge in [0.2, 0.25) is 0 Å². The molecule has 1 unspecified atom stereocenters. The fraction of sp³-hybridized carbons (Fsp3) is 0.364. The average molecular weight is 189 g/mol. The maximum Gasteiger partial charge on any atom is 0.195 e. The summed E-state index contributed by atoms with van der Waals surface area (Å²) in [6.45, 7) is 3.14. The van der Waals surface area contributed by atoms with Crippen molar-refractivity contribution in [2.24, 2.45) is 10.7 Å². The number of hydrogen-bond donors (Lipinski definition) is 1. The number of benzene rings is 1. The van der Waals surface area contributed by atoms with Gasteiger partial charge in [-0.1, -0.05) is 25.1 Å². The predicted octanol–water partition coefficient (Wildman–Crippen LogP) is 1.55. The molecule has 1 aliphatic rings. The van der Waals surface area contributed by atoms with E-state index in [9.17, 15) is 0 Å². The van der Waals surface area contributed by atoms with Crippen molar-refractivity contribution < 1.29 is 0 Å². The number of guanidine groups is 1. The van der Waals surface area contributed by atoms with Crippen molar-refractivity contribution in [3.8, 4) is 0 Å². The number of hydrogen-bond acceptors (Lipinski definition) is 1. The number of fused-ring (bicyclic) bond motifs is 1. The molecule has 3 heteroatoms. The zero-order valence-corrected chi connectivity index (χ0v) is 8.57. The summed E-state index contributed by atoms with van der Waals surface area (Å²) in [6, 6.07) is 8.35. The highest BCUT2D eigenvalue weighted by molar-refractivity contribution is 5.97. The molecule has 0 aromatic heterocycles. The first-order chi connectivity index (χ1) is 6.74. The van der Waals surface area contributed by atoms with Crippen LogP contribution in [0.15, 0.2) is 29.3 Å². The van der Waals surface area contributed by atoms with Gasteiger partial charge in [-0.2, -0.15) is 0 Å². The van der Waals surface area contributed by atoms with Crippen LogP contribution < -0.4 is 10.6 Å². The predicted molar refractivity (Wildman–Crippen MR) is 59.7 cm³/mol. The van der Waals surface area contributed by atoms with Gasteiger partial charge in [0, 0.05) is 25.2 Å². The van der Waals surface area contributed by atoms with Crippen molar-refractivity contribution in [3.63, 3.8) is 0 Å². The summed E-state index contributed by atoms with van der Waals surface area (Å²) in [7, 11) is 1.72. The van der Waals surface area contributed by atoms with Crippen molar-refractivity contribution in [3.05, 3.63) is 29.8 Å². The van der Waals surface area contributed by atoms with E-state index in [-0.39, 0.29) is 0 Å². The molecule has 14 heavy (non-hydrogen) atoms. The van der Waals surface area contributed by atoms with Crippen LogP contribution in [0, 0.1) is 0 Å². The van der Waals surface area contributed by atoms with Crippen LogP contribution in [0.4, 0.5) is 5.69 Å². The smallest absolute Gasteiger partial charge is 0.195 e. The second-order valence-electron chi connectivity index (χ2n) is 3.65. The van der Waals surface area contributed by atoms with Gasteiger partial charge < -0.3 is 10.6 Å². The molecule has 0 amide bonds. The van der Waals surface area contributed by atoms with E-state index in [2.05, 4.69) is 35.0 Å². The van der Waals surface area contributed by atoms with E-state index in [1.54, 1.807) is 7.05 Å². The lowest BCUT2D eigenvalue weighted by atomic mass is 10.0. The molecule has 0 radical (unpaired) electrons. The van der Waals surface area contributed by atoms with E-state index in [1.165, 1.54) is 11.3 Å². The Morgan fingerprint density at radius 3 is 2.93 bits per heavy atom. The molecule has 0 saturated carbocycles. The SMILES string of the molecule is CN=C(N)N1CC(C)c2ccccc21. The summed E-state index contributed by atoms with van der Waals surface area (Å²) in [4.78, 5) is 6.09. The summed E-state index contributed by atoms with van der Waals surface area (Å²) < 4.78 is 0. The van der Waals surface area contributed by atoms with E-state index < -0.39 is 0 Å². The molecule has 1 atom stereocenters. The molecule has 1 aromatic carbocycles. The van der Waals surface area contributed by atoms with Crippen molar-refractivity contribution in [2.75, 3.05) is 18.5 Å². The minimum Gasteiger partial charge on any atom is -0.370 e. The molecular formula is C11H15N3. The van der Waals surface area contributed by atoms with E-state index in [1.807, 2.05) is 6.07 Å². The lowest BCUT2D eigenvalue weighted by molar-refractivity contribution is 0.818. The Kier molecular flexibility index (Phi) is 2.15. The van der Waals surface area contributed by atoms with Gasteiger partial charge in [-0.3, -0.25) is 4.99 Å². The third-order valence-electron chi connectivity index (χ3n) is 2.72. The fourth-order valence-electron chi connectivity index (χ4n) is 1.96. The number of anilines is 1. The Balaban J connectivity index is 2.44. The Morgan fingerprint density at radius 1 is 1.50 bits per heavy atom. The topological polar surface area (TPSA) is 41.6 Å². The Morgan fingerprint density at radius 2 is 2.21 bits per heavy atom. The van der Waals surface area contributed by atoms with Crippen LogP contribution in [-0.4, -0.2) is 19.6 Å². The van der Waals surface area contributed by atoms with Crippen LogP contribution in [0.1, 0.15) is 18.4 Å². The molecule has 0 saturated heterocycles. The second-order valence-corrected chi connectivity index (χ2v) is 3.65. The largest absolute Gasteiger partial charge is 0.370 e. The second kappa shape index (κ2) is 3.33. The van der Waals surface area contributed by atoms with E-state index in [0.29, 0.717) is 11.9 Å². The summed E-state index contributed by atoms with van der Waals surface area (Å²) >= 11 is 0. The third kappa shape index (κ3) is 1.25. The third-order valence-corrected chi connectivity index (χ3v) is 2.72. The Labute approximate surface area is 84.2 Å². The van der Waals surface area contributed by atoms with Gasteiger partial charge in [-0.15, -0.1) is 0 Å². The zero-order valence-electron chi connectivity index (χ0n) is 8.57. The fourth-order valence-corrected chi connectivity index (χ4v) is 1.96. The monoisotopic (exact) mass is 189 g/mol. The first-order valence-corrected chi connectivity index (χ1v) is 4.82. The number of aliphatic imine (C=N–C) groups is 1. The van der Waals surface area contributed by atoms with Crippen LogP contribution >= 0.6 is 0 Å². The molecule has 1 aliphatic heterocycles. The zero-order chi connectivity index (χ0) is 10.1. The van der Waals surface area contributed by atoms with Gasteiger partial charge in [0.15, 0.2) is 5.96 Å². The summed E-state index contributed by atoms with van der Waals surface area (Å²) in [5, 5.41) is 0. The molecule has 1 heterocycles. The molecule has 74 valence electrons. The number of para-hydroxylation sites is 1. The molecule has 1 aromatic rings. The van der Waals surface area contributed by atoms with Crippen LogP contribution in [0.5, 0.6) is 0 Å². The van der Waals surface area contributed by atoms with Crippen LogP contribution in [0.3, 0.4) is 0 Å². The lowest BCUT2D eigenvalue weighted by Crippen LogP contribution is -2.36. The van der Waals surface area contributed by atoms with Crippen molar-refractivity contribution in [1.82, 2.24) is 0 Å². The summed E-state index contributed by atoms with van der Waals surface area (Å²) in [5.74, 6) is 1.13. The van der Waals surface area contributed by atoms with Gasteiger partial charge in [-0.25, -0.2) is 0 Å². The van der Waals surface area contributed by atoms with Crippen molar-refractivity contribution in [1.29, 1.82) is 0 Å². The van der Waals surface area contributed by atoms with Gasteiger partial charge in [-0.05, 0) is 11.6 Å². The first-order valence-electron chi connectivity index (χ1n) is 4.82. The van der Waals surface area contributed by atoms with E-state index >= 15 is 0 Å². The maximum absolute atomic E-state index is 5.83. The van der Waals surface area contributed by atoms with Crippen LogP contribution in [0.2, 0.25) is 0 Å². The maximum atomic E-state index is 5.83. The minimum atomic E-state index is 0.534. The molecule has 0 bridgehead atoms. The molecule has 0 aliphatic carbocycles. The van der Waals surface area contributed by atoms with Gasteiger partial charge in [0.25, 0.3) is 0 Å². The Bertz CT molecular complexity index is 371. The normalized spacial score (nSPS) is 21.1. The molecule has 3 nitrogen and oxygen atoms in total.